The predicted octanol–water partition coefficient (Wildman–Crippen LogP) is 3.09. The Morgan fingerprint density at radius 3 is 2.56 bits per heavy atom. The third kappa shape index (κ3) is 5.88. The number of alkyl halides is 3. The average Bonchev–Trinajstić information content (AvgIpc) is 3.00. The molecule has 2 saturated heterocycles. The molecule has 2 fully saturated rings. The maximum absolute atomic E-state index is 13.0. The van der Waals surface area contributed by atoms with Gasteiger partial charge in [0.15, 0.2) is 0 Å². The van der Waals surface area contributed by atoms with Crippen LogP contribution < -0.4 is 0 Å². The number of rotatable bonds is 4. The van der Waals surface area contributed by atoms with Gasteiger partial charge in [0.25, 0.3) is 0 Å². The molecule has 0 aliphatic carbocycles. The molecule has 152 valence electrons. The first-order chi connectivity index (χ1) is 12.7. The summed E-state index contributed by atoms with van der Waals surface area (Å²) in [5.74, 6) is -2.93. The highest BCUT2D eigenvalue weighted by atomic mass is 19.4. The number of benzene rings is 1. The largest absolute Gasteiger partial charge is 0.490 e. The lowest BCUT2D eigenvalue weighted by Crippen LogP contribution is -2.51. The molecule has 0 amide bonds. The van der Waals surface area contributed by atoms with Gasteiger partial charge in [-0.25, -0.2) is 9.18 Å². The molecule has 0 bridgehead atoms. The molecule has 1 N–H and O–H groups in total. The van der Waals surface area contributed by atoms with Crippen LogP contribution in [0.15, 0.2) is 24.3 Å². The molecular weight excluding hydrogens is 370 g/mol. The molecule has 27 heavy (non-hydrogen) atoms. The Bertz CT molecular complexity index is 623. The lowest BCUT2D eigenvalue weighted by atomic mass is 9.77. The molecule has 2 aliphatic heterocycles. The van der Waals surface area contributed by atoms with Gasteiger partial charge in [-0.05, 0) is 30.5 Å². The number of aliphatic carboxylic acids is 1. The van der Waals surface area contributed by atoms with E-state index in [2.05, 4.69) is 4.90 Å². The monoisotopic (exact) mass is 393 g/mol. The molecule has 9 heteroatoms. The van der Waals surface area contributed by atoms with Crippen molar-refractivity contribution in [2.24, 2.45) is 5.41 Å². The van der Waals surface area contributed by atoms with Gasteiger partial charge in [-0.2, -0.15) is 13.2 Å². The van der Waals surface area contributed by atoms with E-state index in [0.29, 0.717) is 6.10 Å². The number of carboxylic acids is 1. The van der Waals surface area contributed by atoms with Crippen molar-refractivity contribution in [2.75, 3.05) is 33.4 Å². The van der Waals surface area contributed by atoms with Crippen LogP contribution in [0, 0.1) is 11.2 Å². The maximum atomic E-state index is 13.0. The number of piperidine rings is 1. The fourth-order valence-corrected chi connectivity index (χ4v) is 3.62. The SMILES string of the molecule is COC[C@@]12CCO[C@@H]1CCN(Cc1ccc(F)cc1)C2.O=C(O)C(F)(F)F. The number of hydrogen-bond acceptors (Lipinski definition) is 4. The zero-order valence-corrected chi connectivity index (χ0v) is 15.0. The molecular formula is C18H23F4NO4. The molecule has 2 heterocycles. The lowest BCUT2D eigenvalue weighted by molar-refractivity contribution is -0.192. The Kier molecular flexibility index (Phi) is 7.19. The second kappa shape index (κ2) is 8.99. The Hall–Kier alpha value is -1.71. The number of carbonyl (C=O) groups is 1. The molecule has 2 aliphatic rings. The summed E-state index contributed by atoms with van der Waals surface area (Å²) in [6, 6.07) is 6.81. The van der Waals surface area contributed by atoms with Crippen molar-refractivity contribution < 1.29 is 36.9 Å². The van der Waals surface area contributed by atoms with Crippen LogP contribution in [0.2, 0.25) is 0 Å². The van der Waals surface area contributed by atoms with Crippen LogP contribution in [-0.4, -0.2) is 61.7 Å². The van der Waals surface area contributed by atoms with Gasteiger partial charge in [0.05, 0.1) is 12.7 Å². The number of halogens is 4. The highest BCUT2D eigenvalue weighted by Gasteiger charge is 2.47. The van der Waals surface area contributed by atoms with Crippen LogP contribution >= 0.6 is 0 Å². The molecule has 0 spiro atoms. The highest BCUT2D eigenvalue weighted by molar-refractivity contribution is 5.73. The van der Waals surface area contributed by atoms with E-state index < -0.39 is 12.1 Å². The minimum atomic E-state index is -5.08. The van der Waals surface area contributed by atoms with E-state index >= 15 is 0 Å². The van der Waals surface area contributed by atoms with Crippen molar-refractivity contribution in [1.82, 2.24) is 4.90 Å². The smallest absolute Gasteiger partial charge is 0.475 e. The predicted molar refractivity (Wildman–Crippen MR) is 88.7 cm³/mol. The fraction of sp³-hybridized carbons (Fsp3) is 0.611. The van der Waals surface area contributed by atoms with Gasteiger partial charge in [0.2, 0.25) is 0 Å². The van der Waals surface area contributed by atoms with Gasteiger partial charge in [-0.3, -0.25) is 4.90 Å². The number of ether oxygens (including phenoxy) is 2. The molecule has 0 saturated carbocycles. The number of carboxylic acid groups (broad SMARTS) is 1. The summed E-state index contributed by atoms with van der Waals surface area (Å²) in [6.45, 7) is 4.52. The summed E-state index contributed by atoms with van der Waals surface area (Å²) in [5.41, 5.74) is 1.31. The number of methoxy groups -OCH3 is 1. The standard InChI is InChI=1S/C16H22FNO2.C2HF3O2/c1-19-12-16-7-9-20-15(16)6-8-18(11-16)10-13-2-4-14(17)5-3-13;3-2(4,5)1(6)7/h2-5,15H,6-12H2,1H3;(H,6,7)/t15-,16+;/m1./s1. The quantitative estimate of drug-likeness (QED) is 0.797. The van der Waals surface area contributed by atoms with Crippen molar-refractivity contribution >= 4 is 5.97 Å². The van der Waals surface area contributed by atoms with Gasteiger partial charge < -0.3 is 14.6 Å². The van der Waals surface area contributed by atoms with E-state index in [1.165, 1.54) is 12.1 Å². The van der Waals surface area contributed by atoms with Crippen molar-refractivity contribution in [3.05, 3.63) is 35.6 Å². The Morgan fingerprint density at radius 2 is 2.00 bits per heavy atom. The minimum absolute atomic E-state index is 0.146. The summed E-state index contributed by atoms with van der Waals surface area (Å²) >= 11 is 0. The Labute approximate surface area is 154 Å². The molecule has 2 atom stereocenters. The van der Waals surface area contributed by atoms with Crippen molar-refractivity contribution in [3.8, 4) is 0 Å². The normalized spacial score (nSPS) is 25.4. The number of nitrogens with zero attached hydrogens (tertiary/aromatic N) is 1. The van der Waals surface area contributed by atoms with E-state index in [1.807, 2.05) is 12.1 Å². The summed E-state index contributed by atoms with van der Waals surface area (Å²) < 4.78 is 56.0. The van der Waals surface area contributed by atoms with Gasteiger partial charge in [-0.1, -0.05) is 12.1 Å². The third-order valence-corrected chi connectivity index (χ3v) is 4.84. The minimum Gasteiger partial charge on any atom is -0.475 e. The van der Waals surface area contributed by atoms with E-state index in [1.54, 1.807) is 7.11 Å². The molecule has 3 rings (SSSR count). The van der Waals surface area contributed by atoms with Crippen molar-refractivity contribution in [3.63, 3.8) is 0 Å². The van der Waals surface area contributed by atoms with Crippen LogP contribution in [0.4, 0.5) is 17.6 Å². The summed E-state index contributed by atoms with van der Waals surface area (Å²) in [7, 11) is 1.77. The molecule has 0 radical (unpaired) electrons. The maximum Gasteiger partial charge on any atom is 0.490 e. The Morgan fingerprint density at radius 1 is 1.37 bits per heavy atom. The summed E-state index contributed by atoms with van der Waals surface area (Å²) in [6.07, 6.45) is -2.61. The third-order valence-electron chi connectivity index (χ3n) is 4.84. The summed E-state index contributed by atoms with van der Waals surface area (Å²) in [4.78, 5) is 11.3. The van der Waals surface area contributed by atoms with E-state index in [9.17, 15) is 17.6 Å². The zero-order valence-electron chi connectivity index (χ0n) is 15.0. The average molecular weight is 393 g/mol. The van der Waals surface area contributed by atoms with Crippen LogP contribution in [-0.2, 0) is 20.8 Å². The van der Waals surface area contributed by atoms with Gasteiger partial charge >= 0.3 is 12.1 Å². The second-order valence-corrected chi connectivity index (χ2v) is 6.83. The van der Waals surface area contributed by atoms with Crippen LogP contribution in [0.5, 0.6) is 0 Å². The van der Waals surface area contributed by atoms with Gasteiger partial charge in [0.1, 0.15) is 5.82 Å². The molecule has 5 nitrogen and oxygen atoms in total. The number of hydrogen-bond donors (Lipinski definition) is 1. The second-order valence-electron chi connectivity index (χ2n) is 6.83. The van der Waals surface area contributed by atoms with E-state index in [-0.39, 0.29) is 11.2 Å². The molecule has 0 aromatic heterocycles. The number of fused-ring (bicyclic) bond motifs is 1. The van der Waals surface area contributed by atoms with Crippen LogP contribution in [0.3, 0.4) is 0 Å². The van der Waals surface area contributed by atoms with E-state index in [0.717, 1.165) is 51.3 Å². The first-order valence-electron chi connectivity index (χ1n) is 8.54. The molecule has 0 unspecified atom stereocenters. The van der Waals surface area contributed by atoms with Gasteiger partial charge in [-0.15, -0.1) is 0 Å². The fourth-order valence-electron chi connectivity index (χ4n) is 3.62. The topological polar surface area (TPSA) is 59.0 Å². The van der Waals surface area contributed by atoms with Crippen LogP contribution in [0.25, 0.3) is 0 Å². The zero-order chi connectivity index (χ0) is 20.1. The molecule has 1 aromatic rings. The van der Waals surface area contributed by atoms with E-state index in [4.69, 9.17) is 19.4 Å². The van der Waals surface area contributed by atoms with Crippen molar-refractivity contribution in [1.29, 1.82) is 0 Å². The van der Waals surface area contributed by atoms with Crippen LogP contribution in [0.1, 0.15) is 18.4 Å². The number of likely N-dealkylation sites (tertiary alicyclic amines) is 1. The van der Waals surface area contributed by atoms with Crippen molar-refractivity contribution in [2.45, 2.75) is 31.7 Å². The van der Waals surface area contributed by atoms with Gasteiger partial charge in [0, 0.05) is 38.8 Å². The Balaban J connectivity index is 0.000000321. The highest BCUT2D eigenvalue weighted by Crippen LogP contribution is 2.41. The first-order valence-corrected chi connectivity index (χ1v) is 8.54. The lowest BCUT2D eigenvalue weighted by Gasteiger charge is -2.43. The molecule has 1 aromatic carbocycles. The first kappa shape index (κ1) is 21.6. The summed E-state index contributed by atoms with van der Waals surface area (Å²) in [5, 5.41) is 7.12.